The Balaban J connectivity index is 0.00000140. The molecule has 1 radical (unpaired) electrons. The first-order chi connectivity index (χ1) is 12.6. The van der Waals surface area contributed by atoms with Crippen LogP contribution in [0, 0.1) is 6.08 Å². The summed E-state index contributed by atoms with van der Waals surface area (Å²) in [6, 6.07) is 22.3. The fourth-order valence-corrected chi connectivity index (χ4v) is 8.77. The molecule has 4 heteroatoms. The summed E-state index contributed by atoms with van der Waals surface area (Å²) < 4.78 is 0. The van der Waals surface area contributed by atoms with Crippen molar-refractivity contribution in [2.45, 2.75) is 32.2 Å². The van der Waals surface area contributed by atoms with Crippen LogP contribution in [0.5, 0.6) is 0 Å². The molecule has 2 aliphatic carbocycles. The average Bonchev–Trinajstić information content (AvgIpc) is 3.29. The number of hydrogen-bond donors (Lipinski definition) is 0. The summed E-state index contributed by atoms with van der Waals surface area (Å²) in [6.45, 7) is 6.83. The molecule has 0 spiro atoms. The van der Waals surface area contributed by atoms with Crippen molar-refractivity contribution in [2.24, 2.45) is 0 Å². The van der Waals surface area contributed by atoms with Gasteiger partial charge in [-0.25, -0.2) is 5.57 Å². The van der Waals surface area contributed by atoms with E-state index in [0.29, 0.717) is 0 Å². The number of hydrogen-bond acceptors (Lipinski definition) is 0. The fraction of sp³-hybridized carbons (Fsp3) is 0.200. The van der Waals surface area contributed by atoms with Crippen molar-refractivity contribution in [3.8, 4) is 0 Å². The molecule has 0 N–H and O–H groups in total. The van der Waals surface area contributed by atoms with E-state index in [1.807, 2.05) is 0 Å². The van der Waals surface area contributed by atoms with Crippen molar-refractivity contribution in [1.82, 2.24) is 0 Å². The van der Waals surface area contributed by atoms with Crippen molar-refractivity contribution in [3.63, 3.8) is 0 Å². The molecule has 0 heterocycles. The van der Waals surface area contributed by atoms with Crippen LogP contribution in [0.4, 0.5) is 0 Å². The van der Waals surface area contributed by atoms with E-state index in [1.165, 1.54) is 32.7 Å². The SMILES string of the molecule is CC1=[C-]C(C2=CC=CC2)([SiH](c2ccccc2)c2ccccc2)C(C)=C1C.[Cl-].[Cl-].[Zr+3]. The number of allylic oxidation sites excluding steroid dienone is 8. The number of rotatable bonds is 4. The molecule has 2 aromatic rings. The van der Waals surface area contributed by atoms with E-state index in [0.717, 1.165) is 6.42 Å². The van der Waals surface area contributed by atoms with E-state index in [2.05, 4.69) is 106 Å². The van der Waals surface area contributed by atoms with Gasteiger partial charge in [-0.3, -0.25) is 6.08 Å². The summed E-state index contributed by atoms with van der Waals surface area (Å²) in [7, 11) is -1.62. The van der Waals surface area contributed by atoms with Gasteiger partial charge in [0.05, 0.1) is 0 Å². The zero-order valence-corrected chi connectivity index (χ0v) is 22.2. The van der Waals surface area contributed by atoms with Crippen LogP contribution < -0.4 is 35.2 Å². The second-order valence-electron chi connectivity index (χ2n) is 7.39. The van der Waals surface area contributed by atoms with E-state index in [9.17, 15) is 0 Å². The van der Waals surface area contributed by atoms with Gasteiger partial charge < -0.3 is 24.8 Å². The minimum Gasteiger partial charge on any atom is -1.00 e. The van der Waals surface area contributed by atoms with Crippen molar-refractivity contribution in [3.05, 3.63) is 107 Å². The smallest absolute Gasteiger partial charge is 1.00 e. The van der Waals surface area contributed by atoms with Gasteiger partial charge in [0, 0.05) is 0 Å². The van der Waals surface area contributed by atoms with Gasteiger partial charge in [-0.05, 0) is 6.42 Å². The summed E-state index contributed by atoms with van der Waals surface area (Å²) >= 11 is 0. The Bertz CT molecular complexity index is 906. The predicted octanol–water partition coefficient (Wildman–Crippen LogP) is -1.24. The first-order valence-electron chi connectivity index (χ1n) is 9.40. The maximum atomic E-state index is 4.00. The summed E-state index contributed by atoms with van der Waals surface area (Å²) in [5.74, 6) is 0. The predicted molar refractivity (Wildman–Crippen MR) is 115 cm³/mol. The van der Waals surface area contributed by atoms with E-state index in [4.69, 9.17) is 0 Å². The standard InChI is InChI=1S/C25H25Si.2ClH.Zr/c1-19-18-25(21(3)20(19)2,22-12-10-11-13-22)26(23-14-6-4-7-15-23)24-16-8-5-9-17-24;;;/h4-12,14-17,26H,13H2,1-3H3;2*1H;/q-1;;;+3/p-2. The van der Waals surface area contributed by atoms with Gasteiger partial charge in [0.1, 0.15) is 8.80 Å². The molecule has 4 rings (SSSR count). The van der Waals surface area contributed by atoms with Crippen LogP contribution in [0.1, 0.15) is 27.2 Å². The third kappa shape index (κ3) is 4.57. The molecule has 0 bridgehead atoms. The second-order valence-corrected chi connectivity index (χ2v) is 10.5. The topological polar surface area (TPSA) is 0 Å². The Morgan fingerprint density at radius 2 is 1.34 bits per heavy atom. The van der Waals surface area contributed by atoms with Crippen LogP contribution in [-0.4, -0.2) is 8.80 Å². The number of halogens is 2. The zero-order valence-electron chi connectivity index (χ0n) is 17.0. The third-order valence-electron chi connectivity index (χ3n) is 6.08. The van der Waals surface area contributed by atoms with Crippen LogP contribution in [-0.2, 0) is 26.2 Å². The zero-order chi connectivity index (χ0) is 18.1. The molecule has 2 aliphatic rings. The molecular formula is C25H25Cl2SiZr. The molecule has 29 heavy (non-hydrogen) atoms. The summed E-state index contributed by atoms with van der Waals surface area (Å²) in [5, 5.41) is 2.90. The third-order valence-corrected chi connectivity index (χ3v) is 10.00. The maximum Gasteiger partial charge on any atom is 3.00 e. The van der Waals surface area contributed by atoms with Crippen LogP contribution in [0.25, 0.3) is 0 Å². The monoisotopic (exact) mass is 513 g/mol. The van der Waals surface area contributed by atoms with Gasteiger partial charge >= 0.3 is 26.2 Å². The van der Waals surface area contributed by atoms with Gasteiger partial charge in [0.25, 0.3) is 0 Å². The maximum absolute atomic E-state index is 4.00. The molecule has 0 aromatic heterocycles. The molecule has 147 valence electrons. The summed E-state index contributed by atoms with van der Waals surface area (Å²) in [4.78, 5) is 0. The Morgan fingerprint density at radius 3 is 1.72 bits per heavy atom. The van der Waals surface area contributed by atoms with E-state index in [1.54, 1.807) is 0 Å². The first kappa shape index (κ1) is 26.1. The van der Waals surface area contributed by atoms with Crippen LogP contribution in [0.2, 0.25) is 5.04 Å². The first-order valence-corrected chi connectivity index (χ1v) is 11.1. The molecule has 0 saturated heterocycles. The van der Waals surface area contributed by atoms with Gasteiger partial charge in [-0.15, -0.1) is 6.92 Å². The molecular weight excluding hydrogens is 490 g/mol. The largest absolute Gasteiger partial charge is 3.00 e. The van der Waals surface area contributed by atoms with E-state index in [-0.39, 0.29) is 56.1 Å². The molecule has 0 aliphatic heterocycles. The molecule has 0 amide bonds. The van der Waals surface area contributed by atoms with Crippen LogP contribution >= 0.6 is 0 Å². The summed E-state index contributed by atoms with van der Waals surface area (Å²) in [5.41, 5.74) is 5.74. The normalized spacial score (nSPS) is 19.9. The quantitative estimate of drug-likeness (QED) is 0.353. The summed E-state index contributed by atoms with van der Waals surface area (Å²) in [6.07, 6.45) is 11.9. The van der Waals surface area contributed by atoms with Crippen molar-refractivity contribution in [1.29, 1.82) is 0 Å². The Labute approximate surface area is 208 Å². The molecule has 0 nitrogen and oxygen atoms in total. The van der Waals surface area contributed by atoms with Gasteiger partial charge in [0.2, 0.25) is 0 Å². The molecule has 0 saturated carbocycles. The Morgan fingerprint density at radius 1 is 0.828 bits per heavy atom. The Kier molecular flexibility index (Phi) is 9.83. The van der Waals surface area contributed by atoms with Crippen molar-refractivity contribution < 1.29 is 51.0 Å². The van der Waals surface area contributed by atoms with Crippen LogP contribution in [0.3, 0.4) is 0 Å². The van der Waals surface area contributed by atoms with E-state index >= 15 is 0 Å². The molecule has 1 unspecified atom stereocenters. The minimum atomic E-state index is -1.62. The average molecular weight is 516 g/mol. The van der Waals surface area contributed by atoms with E-state index < -0.39 is 8.80 Å². The van der Waals surface area contributed by atoms with Gasteiger partial charge in [-0.1, -0.05) is 114 Å². The van der Waals surface area contributed by atoms with Crippen molar-refractivity contribution in [2.75, 3.05) is 0 Å². The second kappa shape index (κ2) is 10.9. The van der Waals surface area contributed by atoms with Gasteiger partial charge in [-0.2, -0.15) is 11.1 Å². The minimum absolute atomic E-state index is 0. The molecule has 0 fully saturated rings. The Hall–Kier alpha value is -0.920. The molecule has 1 atom stereocenters. The van der Waals surface area contributed by atoms with Gasteiger partial charge in [0.15, 0.2) is 0 Å². The molecule has 2 aromatic carbocycles. The number of benzene rings is 2. The fourth-order valence-electron chi connectivity index (χ4n) is 4.58. The van der Waals surface area contributed by atoms with Crippen molar-refractivity contribution >= 4 is 19.2 Å². The van der Waals surface area contributed by atoms with Crippen LogP contribution in [0.15, 0.2) is 101 Å².